The highest BCUT2D eigenvalue weighted by molar-refractivity contribution is 5.67. The molecule has 19 heavy (non-hydrogen) atoms. The summed E-state index contributed by atoms with van der Waals surface area (Å²) in [6, 6.07) is 8.78. The predicted octanol–water partition coefficient (Wildman–Crippen LogP) is 1.53. The van der Waals surface area contributed by atoms with Gasteiger partial charge in [0.05, 0.1) is 23.9 Å². The van der Waals surface area contributed by atoms with Gasteiger partial charge in [0, 0.05) is 6.07 Å². The van der Waals surface area contributed by atoms with E-state index in [1.54, 1.807) is 0 Å². The third-order valence-electron chi connectivity index (χ3n) is 2.26. The van der Waals surface area contributed by atoms with Gasteiger partial charge in [-0.3, -0.25) is 0 Å². The average molecular weight is 260 g/mol. The molecule has 1 amide bonds. The molecule has 2 N–H and O–H groups in total. The molecular formula is C12H9FN4O2. The van der Waals surface area contributed by atoms with Crippen LogP contribution in [0.2, 0.25) is 0 Å². The van der Waals surface area contributed by atoms with E-state index in [1.165, 1.54) is 35.0 Å². The molecule has 1 heterocycles. The maximum atomic E-state index is 12.9. The summed E-state index contributed by atoms with van der Waals surface area (Å²) in [5.41, 5.74) is 5.86. The van der Waals surface area contributed by atoms with E-state index in [9.17, 15) is 9.18 Å². The number of aromatic nitrogens is 2. The van der Waals surface area contributed by atoms with Gasteiger partial charge in [-0.2, -0.15) is 10.4 Å². The van der Waals surface area contributed by atoms with Crippen LogP contribution in [0.15, 0.2) is 30.3 Å². The zero-order valence-corrected chi connectivity index (χ0v) is 9.71. The number of nitriles is 1. The van der Waals surface area contributed by atoms with Crippen molar-refractivity contribution in [2.75, 3.05) is 0 Å². The van der Waals surface area contributed by atoms with Gasteiger partial charge >= 0.3 is 6.09 Å². The number of halogens is 1. The second-order valence-electron chi connectivity index (χ2n) is 3.62. The second kappa shape index (κ2) is 5.18. The Morgan fingerprint density at radius 1 is 1.47 bits per heavy atom. The number of rotatable bonds is 3. The summed E-state index contributed by atoms with van der Waals surface area (Å²) in [7, 11) is 0. The minimum absolute atomic E-state index is 0.0588. The molecule has 0 spiro atoms. The van der Waals surface area contributed by atoms with E-state index in [0.29, 0.717) is 11.4 Å². The van der Waals surface area contributed by atoms with Gasteiger partial charge in [0.1, 0.15) is 5.82 Å². The Balaban J connectivity index is 2.44. The lowest BCUT2D eigenvalue weighted by atomic mass is 10.3. The zero-order valence-electron chi connectivity index (χ0n) is 9.71. The Bertz CT molecular complexity index is 643. The topological polar surface area (TPSA) is 93.9 Å². The van der Waals surface area contributed by atoms with Crippen LogP contribution in [0.1, 0.15) is 5.69 Å². The zero-order chi connectivity index (χ0) is 13.8. The molecule has 7 heteroatoms. The van der Waals surface area contributed by atoms with E-state index >= 15 is 0 Å². The van der Waals surface area contributed by atoms with Crippen LogP contribution in [0.25, 0.3) is 5.69 Å². The molecule has 1 aromatic heterocycles. The number of ether oxygens (including phenoxy) is 1. The standard InChI is InChI=1S/C12H9FN4O2/c13-8-1-3-10(4-2-8)17-11(19-12(15)18)7-9(16-17)5-6-14/h1-4,7H,5H2,(H2,15,18). The van der Waals surface area contributed by atoms with Gasteiger partial charge in [-0.15, -0.1) is 0 Å². The molecule has 0 unspecified atom stereocenters. The largest absolute Gasteiger partial charge is 0.411 e. The van der Waals surface area contributed by atoms with Crippen LogP contribution in [-0.2, 0) is 6.42 Å². The van der Waals surface area contributed by atoms with Crippen molar-refractivity contribution in [1.82, 2.24) is 9.78 Å². The number of primary amides is 1. The Morgan fingerprint density at radius 2 is 2.16 bits per heavy atom. The molecule has 0 aliphatic carbocycles. The number of carbonyl (C=O) groups is 1. The Hall–Kier alpha value is -2.88. The van der Waals surface area contributed by atoms with Crippen LogP contribution in [0.4, 0.5) is 9.18 Å². The summed E-state index contributed by atoms with van der Waals surface area (Å²) < 4.78 is 18.9. The lowest BCUT2D eigenvalue weighted by Crippen LogP contribution is -2.18. The monoisotopic (exact) mass is 260 g/mol. The number of hydrogen-bond acceptors (Lipinski definition) is 4. The highest BCUT2D eigenvalue weighted by atomic mass is 19.1. The van der Waals surface area contributed by atoms with Crippen molar-refractivity contribution < 1.29 is 13.9 Å². The van der Waals surface area contributed by atoms with Gasteiger partial charge in [-0.05, 0) is 24.3 Å². The van der Waals surface area contributed by atoms with Gasteiger partial charge in [-0.1, -0.05) is 0 Å². The maximum absolute atomic E-state index is 12.9. The maximum Gasteiger partial charge on any atom is 0.411 e. The summed E-state index contributed by atoms with van der Waals surface area (Å²) in [5.74, 6) is -0.324. The van der Waals surface area contributed by atoms with Crippen LogP contribution in [-0.4, -0.2) is 15.9 Å². The number of amides is 1. The van der Waals surface area contributed by atoms with Crippen molar-refractivity contribution in [3.63, 3.8) is 0 Å². The number of hydrogen-bond donors (Lipinski definition) is 1. The van der Waals surface area contributed by atoms with E-state index in [0.717, 1.165) is 0 Å². The first-order chi connectivity index (χ1) is 9.10. The average Bonchev–Trinajstić information content (AvgIpc) is 2.72. The molecule has 0 aliphatic heterocycles. The van der Waals surface area contributed by atoms with Crippen molar-refractivity contribution in [3.05, 3.63) is 41.8 Å². The van der Waals surface area contributed by atoms with E-state index < -0.39 is 11.9 Å². The molecule has 2 rings (SSSR count). The summed E-state index contributed by atoms with van der Waals surface area (Å²) in [5, 5.41) is 12.7. The smallest absolute Gasteiger partial charge is 0.391 e. The fourth-order valence-electron chi connectivity index (χ4n) is 1.52. The minimum atomic E-state index is -0.994. The van der Waals surface area contributed by atoms with E-state index in [-0.39, 0.29) is 12.3 Å². The highest BCUT2D eigenvalue weighted by Gasteiger charge is 2.13. The van der Waals surface area contributed by atoms with Crippen molar-refractivity contribution in [1.29, 1.82) is 5.26 Å². The number of nitrogens with two attached hydrogens (primary N) is 1. The van der Waals surface area contributed by atoms with Crippen LogP contribution in [0, 0.1) is 17.1 Å². The number of benzene rings is 1. The Labute approximate surface area is 107 Å². The van der Waals surface area contributed by atoms with Gasteiger partial charge in [0.15, 0.2) is 0 Å². The number of nitrogens with zero attached hydrogens (tertiary/aromatic N) is 3. The molecule has 0 saturated carbocycles. The van der Waals surface area contributed by atoms with Crippen molar-refractivity contribution >= 4 is 6.09 Å². The summed E-state index contributed by atoms with van der Waals surface area (Å²) in [4.78, 5) is 10.8. The van der Waals surface area contributed by atoms with Crippen LogP contribution in [0.3, 0.4) is 0 Å². The molecule has 0 fully saturated rings. The van der Waals surface area contributed by atoms with Gasteiger partial charge in [0.25, 0.3) is 0 Å². The van der Waals surface area contributed by atoms with E-state index in [2.05, 4.69) is 5.10 Å². The van der Waals surface area contributed by atoms with Crippen molar-refractivity contribution in [2.24, 2.45) is 5.73 Å². The minimum Gasteiger partial charge on any atom is -0.391 e. The first-order valence-corrected chi connectivity index (χ1v) is 5.29. The predicted molar refractivity (Wildman–Crippen MR) is 63.1 cm³/mol. The third-order valence-corrected chi connectivity index (χ3v) is 2.26. The molecule has 0 bridgehead atoms. The quantitative estimate of drug-likeness (QED) is 0.905. The highest BCUT2D eigenvalue weighted by Crippen LogP contribution is 2.20. The molecular weight excluding hydrogens is 251 g/mol. The summed E-state index contributed by atoms with van der Waals surface area (Å²) in [6.07, 6.45) is -0.935. The fraction of sp³-hybridized carbons (Fsp3) is 0.0833. The van der Waals surface area contributed by atoms with Crippen LogP contribution >= 0.6 is 0 Å². The molecule has 2 aromatic rings. The molecule has 0 atom stereocenters. The van der Waals surface area contributed by atoms with Gasteiger partial charge in [-0.25, -0.2) is 13.9 Å². The molecule has 96 valence electrons. The Morgan fingerprint density at radius 3 is 2.74 bits per heavy atom. The Kier molecular flexibility index (Phi) is 3.43. The van der Waals surface area contributed by atoms with Crippen LogP contribution in [0.5, 0.6) is 5.88 Å². The lowest BCUT2D eigenvalue weighted by Gasteiger charge is -2.05. The normalized spacial score (nSPS) is 9.89. The first kappa shape index (κ1) is 12.6. The van der Waals surface area contributed by atoms with Crippen molar-refractivity contribution in [2.45, 2.75) is 6.42 Å². The fourth-order valence-corrected chi connectivity index (χ4v) is 1.52. The van der Waals surface area contributed by atoms with Crippen LogP contribution < -0.4 is 10.5 Å². The van der Waals surface area contributed by atoms with Crippen molar-refractivity contribution in [3.8, 4) is 17.6 Å². The summed E-state index contributed by atoms with van der Waals surface area (Å²) >= 11 is 0. The SMILES string of the molecule is N#CCc1cc(OC(N)=O)n(-c2ccc(F)cc2)n1. The second-order valence-corrected chi connectivity index (χ2v) is 3.62. The molecule has 6 nitrogen and oxygen atoms in total. The van der Waals surface area contributed by atoms with Gasteiger partial charge < -0.3 is 10.5 Å². The molecule has 0 aliphatic rings. The number of carbonyl (C=O) groups excluding carboxylic acids is 1. The molecule has 1 aromatic carbocycles. The van der Waals surface area contributed by atoms with E-state index in [1.807, 2.05) is 6.07 Å². The van der Waals surface area contributed by atoms with Gasteiger partial charge in [0.2, 0.25) is 5.88 Å². The van der Waals surface area contributed by atoms with E-state index in [4.69, 9.17) is 15.7 Å². The molecule has 0 radical (unpaired) electrons. The summed E-state index contributed by atoms with van der Waals surface area (Å²) in [6.45, 7) is 0. The lowest BCUT2D eigenvalue weighted by molar-refractivity contribution is 0.207. The molecule has 0 saturated heterocycles. The third kappa shape index (κ3) is 2.87. The first-order valence-electron chi connectivity index (χ1n) is 5.29.